The second-order valence-corrected chi connectivity index (χ2v) is 4.66. The molecule has 0 radical (unpaired) electrons. The molecule has 0 aromatic heterocycles. The lowest BCUT2D eigenvalue weighted by Crippen LogP contribution is -2.42. The van der Waals surface area contributed by atoms with Gasteiger partial charge >= 0.3 is 5.69 Å². The lowest BCUT2D eigenvalue weighted by Gasteiger charge is -2.22. The largest absolute Gasteiger partial charge is 0.496 e. The van der Waals surface area contributed by atoms with Gasteiger partial charge in [0.25, 0.3) is 0 Å². The van der Waals surface area contributed by atoms with Crippen LogP contribution in [0.15, 0.2) is 18.2 Å². The Morgan fingerprint density at radius 3 is 2.76 bits per heavy atom. The zero-order chi connectivity index (χ0) is 15.9. The maximum atomic E-state index is 11.0. The molecular formula is C14H19N3O4. The molecule has 1 aromatic rings. The minimum absolute atomic E-state index is 0.156. The molecule has 21 heavy (non-hydrogen) atoms. The summed E-state index contributed by atoms with van der Waals surface area (Å²) in [7, 11) is 1.44. The first-order valence-corrected chi connectivity index (χ1v) is 6.57. The van der Waals surface area contributed by atoms with Crippen molar-refractivity contribution < 1.29 is 14.4 Å². The van der Waals surface area contributed by atoms with Crippen LogP contribution >= 0.6 is 0 Å². The topological polar surface area (TPSA) is 97.4 Å². The molecule has 0 aliphatic carbocycles. The Labute approximate surface area is 123 Å². The van der Waals surface area contributed by atoms with Crippen molar-refractivity contribution in [1.29, 1.82) is 5.26 Å². The Morgan fingerprint density at radius 1 is 1.52 bits per heavy atom. The summed E-state index contributed by atoms with van der Waals surface area (Å²) in [6.45, 7) is 4.53. The third kappa shape index (κ3) is 4.61. The molecular weight excluding hydrogens is 274 g/mol. The van der Waals surface area contributed by atoms with E-state index in [4.69, 9.17) is 14.7 Å². The molecule has 0 bridgehead atoms. The van der Waals surface area contributed by atoms with Crippen LogP contribution in [0.3, 0.4) is 0 Å². The zero-order valence-electron chi connectivity index (χ0n) is 12.4. The summed E-state index contributed by atoms with van der Waals surface area (Å²) in [5.74, 6) is 0.557. The highest BCUT2D eigenvalue weighted by molar-refractivity contribution is 5.50. The molecule has 0 fully saturated rings. The Morgan fingerprint density at radius 2 is 2.24 bits per heavy atom. The number of ether oxygens (including phenoxy) is 2. The molecule has 1 rings (SSSR count). The van der Waals surface area contributed by atoms with E-state index in [2.05, 4.69) is 11.4 Å². The monoisotopic (exact) mass is 293 g/mol. The van der Waals surface area contributed by atoms with Crippen molar-refractivity contribution >= 4 is 5.69 Å². The van der Waals surface area contributed by atoms with Crippen LogP contribution in [-0.4, -0.2) is 30.7 Å². The van der Waals surface area contributed by atoms with E-state index in [1.807, 2.05) is 6.92 Å². The quantitative estimate of drug-likeness (QED) is 0.583. The van der Waals surface area contributed by atoms with E-state index in [-0.39, 0.29) is 18.0 Å². The molecule has 0 aliphatic rings. The Hall–Kier alpha value is -2.33. The van der Waals surface area contributed by atoms with Crippen LogP contribution in [0.2, 0.25) is 0 Å². The van der Waals surface area contributed by atoms with Gasteiger partial charge in [-0.15, -0.1) is 0 Å². The smallest absolute Gasteiger partial charge is 0.314 e. The predicted molar refractivity (Wildman–Crippen MR) is 77.5 cm³/mol. The lowest BCUT2D eigenvalue weighted by atomic mass is 10.0. The fraction of sp³-hybridized carbons (Fsp3) is 0.500. The van der Waals surface area contributed by atoms with Gasteiger partial charge < -0.3 is 9.47 Å². The standard InChI is InChI=1S/C14H19N3O4/c1-4-16-14(2,10-15)7-8-21-13-6-5-11(20-3)9-12(13)17(18)19/h5-6,9,16H,4,7-8H2,1-3H3. The van der Waals surface area contributed by atoms with Crippen molar-refractivity contribution in [2.24, 2.45) is 0 Å². The van der Waals surface area contributed by atoms with Crippen LogP contribution in [0.1, 0.15) is 20.3 Å². The normalized spacial score (nSPS) is 13.0. The second-order valence-electron chi connectivity index (χ2n) is 4.66. The van der Waals surface area contributed by atoms with Crippen molar-refractivity contribution in [3.05, 3.63) is 28.3 Å². The van der Waals surface area contributed by atoms with Crippen molar-refractivity contribution in [2.75, 3.05) is 20.3 Å². The van der Waals surface area contributed by atoms with E-state index in [9.17, 15) is 10.1 Å². The second kappa shape index (κ2) is 7.45. The molecule has 0 saturated carbocycles. The molecule has 0 aliphatic heterocycles. The average molecular weight is 293 g/mol. The molecule has 0 saturated heterocycles. The van der Waals surface area contributed by atoms with Gasteiger partial charge in [0.2, 0.25) is 0 Å². The first-order valence-electron chi connectivity index (χ1n) is 6.57. The van der Waals surface area contributed by atoms with Crippen LogP contribution in [0, 0.1) is 21.4 Å². The number of nitro groups is 1. The van der Waals surface area contributed by atoms with E-state index in [0.29, 0.717) is 18.7 Å². The van der Waals surface area contributed by atoms with E-state index in [1.165, 1.54) is 19.2 Å². The summed E-state index contributed by atoms with van der Waals surface area (Å²) in [6.07, 6.45) is 0.417. The van der Waals surface area contributed by atoms with Crippen LogP contribution in [-0.2, 0) is 0 Å². The van der Waals surface area contributed by atoms with Crippen LogP contribution in [0.5, 0.6) is 11.5 Å². The molecule has 1 aromatic carbocycles. The maximum Gasteiger partial charge on any atom is 0.314 e. The third-order valence-corrected chi connectivity index (χ3v) is 3.04. The number of hydrogen-bond donors (Lipinski definition) is 1. The van der Waals surface area contributed by atoms with Gasteiger partial charge in [0.1, 0.15) is 11.3 Å². The van der Waals surface area contributed by atoms with Crippen LogP contribution in [0.4, 0.5) is 5.69 Å². The van der Waals surface area contributed by atoms with Gasteiger partial charge in [-0.3, -0.25) is 15.4 Å². The summed E-state index contributed by atoms with van der Waals surface area (Å²) in [5, 5.41) is 23.2. The fourth-order valence-electron chi connectivity index (χ4n) is 1.83. The third-order valence-electron chi connectivity index (χ3n) is 3.04. The zero-order valence-corrected chi connectivity index (χ0v) is 12.4. The van der Waals surface area contributed by atoms with Gasteiger partial charge in [-0.05, 0) is 25.6 Å². The summed E-state index contributed by atoms with van der Waals surface area (Å²) in [4.78, 5) is 10.5. The first-order chi connectivity index (χ1) is 9.95. The van der Waals surface area contributed by atoms with Gasteiger partial charge in [-0.1, -0.05) is 6.92 Å². The molecule has 1 N–H and O–H groups in total. The fourth-order valence-corrected chi connectivity index (χ4v) is 1.83. The van der Waals surface area contributed by atoms with Crippen LogP contribution < -0.4 is 14.8 Å². The first kappa shape index (κ1) is 16.7. The van der Waals surface area contributed by atoms with E-state index >= 15 is 0 Å². The summed E-state index contributed by atoms with van der Waals surface area (Å²) in [5.41, 5.74) is -0.868. The van der Waals surface area contributed by atoms with Crippen molar-refractivity contribution in [3.8, 4) is 17.6 Å². The Bertz CT molecular complexity index is 542. The minimum Gasteiger partial charge on any atom is -0.496 e. The maximum absolute atomic E-state index is 11.0. The summed E-state index contributed by atoms with van der Waals surface area (Å²) in [6, 6.07) is 6.57. The van der Waals surface area contributed by atoms with Crippen molar-refractivity contribution in [3.63, 3.8) is 0 Å². The van der Waals surface area contributed by atoms with Gasteiger partial charge in [0.05, 0.1) is 30.8 Å². The SMILES string of the molecule is CCNC(C)(C#N)CCOc1ccc(OC)cc1[N+](=O)[O-]. The van der Waals surface area contributed by atoms with Crippen molar-refractivity contribution in [1.82, 2.24) is 5.32 Å². The Balaban J connectivity index is 2.76. The van der Waals surface area contributed by atoms with E-state index in [0.717, 1.165) is 0 Å². The molecule has 0 spiro atoms. The molecule has 1 unspecified atom stereocenters. The molecule has 0 amide bonds. The number of hydrogen-bond acceptors (Lipinski definition) is 6. The minimum atomic E-state index is -0.712. The van der Waals surface area contributed by atoms with E-state index in [1.54, 1.807) is 13.0 Å². The predicted octanol–water partition coefficient (Wildman–Crippen LogP) is 2.26. The summed E-state index contributed by atoms with van der Waals surface area (Å²) >= 11 is 0. The van der Waals surface area contributed by atoms with Gasteiger partial charge in [-0.2, -0.15) is 5.26 Å². The lowest BCUT2D eigenvalue weighted by molar-refractivity contribution is -0.385. The number of nitriles is 1. The molecule has 0 heterocycles. The van der Waals surface area contributed by atoms with Crippen molar-refractivity contribution in [2.45, 2.75) is 25.8 Å². The van der Waals surface area contributed by atoms with Crippen LogP contribution in [0.25, 0.3) is 0 Å². The van der Waals surface area contributed by atoms with Gasteiger partial charge in [0.15, 0.2) is 5.75 Å². The molecule has 7 heteroatoms. The highest BCUT2D eigenvalue weighted by Crippen LogP contribution is 2.31. The molecule has 114 valence electrons. The van der Waals surface area contributed by atoms with Gasteiger partial charge in [0, 0.05) is 6.42 Å². The number of benzene rings is 1. The highest BCUT2D eigenvalue weighted by atomic mass is 16.6. The number of methoxy groups -OCH3 is 1. The number of nitrogens with zero attached hydrogens (tertiary/aromatic N) is 2. The number of nitrogens with one attached hydrogen (secondary N) is 1. The highest BCUT2D eigenvalue weighted by Gasteiger charge is 2.23. The van der Waals surface area contributed by atoms with E-state index < -0.39 is 10.5 Å². The molecule has 7 nitrogen and oxygen atoms in total. The number of rotatable bonds is 8. The Kier molecular flexibility index (Phi) is 5.93. The number of nitro benzene ring substituents is 1. The summed E-state index contributed by atoms with van der Waals surface area (Å²) < 4.78 is 10.4. The molecule has 1 atom stereocenters. The van der Waals surface area contributed by atoms with Gasteiger partial charge in [-0.25, -0.2) is 0 Å². The average Bonchev–Trinajstić information content (AvgIpc) is 2.47.